The molecule has 1 amide bonds. The molecule has 0 aliphatic carbocycles. The van der Waals surface area contributed by atoms with Gasteiger partial charge in [-0.05, 0) is 24.3 Å². The minimum atomic E-state index is -5.37. The molecule has 2 aromatic carbocycles. The van der Waals surface area contributed by atoms with Crippen LogP contribution in [0.25, 0.3) is 0 Å². The van der Waals surface area contributed by atoms with Crippen molar-refractivity contribution in [1.82, 2.24) is 0 Å². The van der Waals surface area contributed by atoms with Gasteiger partial charge in [-0.3, -0.25) is 14.9 Å². The molecule has 0 aromatic heterocycles. The zero-order valence-electron chi connectivity index (χ0n) is 14.7. The molecule has 1 N–H and O–H groups in total. The molecule has 0 spiro atoms. The summed E-state index contributed by atoms with van der Waals surface area (Å²) >= 11 is 0. The first-order valence-electron chi connectivity index (χ1n) is 7.71. The Labute approximate surface area is 163 Å². The highest BCUT2D eigenvalue weighted by Crippen LogP contribution is 2.41. The van der Waals surface area contributed by atoms with Crippen molar-refractivity contribution in [2.75, 3.05) is 12.4 Å². The minimum absolute atomic E-state index is 0.0826. The number of nitrogens with one attached hydrogen (secondary N) is 1. The fourth-order valence-electron chi connectivity index (χ4n) is 2.39. The first kappa shape index (κ1) is 22.6. The molecule has 0 saturated heterocycles. The summed E-state index contributed by atoms with van der Waals surface area (Å²) in [7, 11) is 0.974. The monoisotopic (exact) mass is 436 g/mol. The Hall–Kier alpha value is -3.64. The maximum Gasteiger partial charge on any atom is 0.417 e. The highest BCUT2D eigenvalue weighted by atomic mass is 19.4. The number of alkyl halides is 6. The highest BCUT2D eigenvalue weighted by Gasteiger charge is 2.43. The van der Waals surface area contributed by atoms with E-state index in [9.17, 15) is 46.0 Å². The van der Waals surface area contributed by atoms with E-state index >= 15 is 0 Å². The van der Waals surface area contributed by atoms with Crippen LogP contribution in [0, 0.1) is 10.1 Å². The van der Waals surface area contributed by atoms with E-state index in [2.05, 4.69) is 4.74 Å². The van der Waals surface area contributed by atoms with Crippen LogP contribution in [0.2, 0.25) is 0 Å². The van der Waals surface area contributed by atoms with Crippen molar-refractivity contribution in [3.63, 3.8) is 0 Å². The van der Waals surface area contributed by atoms with E-state index < -0.39 is 57.2 Å². The van der Waals surface area contributed by atoms with E-state index in [4.69, 9.17) is 0 Å². The van der Waals surface area contributed by atoms with Crippen LogP contribution in [0.3, 0.4) is 0 Å². The predicted octanol–water partition coefficient (Wildman–Crippen LogP) is 4.67. The zero-order valence-corrected chi connectivity index (χ0v) is 14.7. The van der Waals surface area contributed by atoms with Gasteiger partial charge in [-0.2, -0.15) is 26.3 Å². The van der Waals surface area contributed by atoms with E-state index in [0.717, 1.165) is 25.3 Å². The number of benzene rings is 2. The summed E-state index contributed by atoms with van der Waals surface area (Å²) in [5.41, 5.74) is -6.20. The molecule has 0 saturated carbocycles. The Bertz CT molecular complexity index is 1020. The van der Waals surface area contributed by atoms with Crippen molar-refractivity contribution >= 4 is 23.3 Å². The van der Waals surface area contributed by atoms with E-state index in [1.54, 1.807) is 0 Å². The maximum absolute atomic E-state index is 13.0. The van der Waals surface area contributed by atoms with E-state index in [1.165, 1.54) is 0 Å². The molecule has 0 aliphatic heterocycles. The van der Waals surface area contributed by atoms with Gasteiger partial charge >= 0.3 is 18.3 Å². The standard InChI is InChI=1S/C17H10F6N2O5/c1-30-15(27)9-4-8(5-11(6-9)25(28)29)14(26)24-10-2-3-12(16(18,19)20)13(7-10)17(21,22)23/h2-7H,1H3,(H,24,26). The number of carbonyl (C=O) groups excluding carboxylic acids is 2. The lowest BCUT2D eigenvalue weighted by Gasteiger charge is -2.17. The second-order valence-electron chi connectivity index (χ2n) is 5.73. The molecule has 13 heteroatoms. The molecule has 160 valence electrons. The molecule has 0 bridgehead atoms. The Morgan fingerprint density at radius 2 is 1.50 bits per heavy atom. The van der Waals surface area contributed by atoms with Crippen LogP contribution in [0.4, 0.5) is 37.7 Å². The largest absolute Gasteiger partial charge is 0.465 e. The number of non-ortho nitro benzene ring substituents is 1. The van der Waals surface area contributed by atoms with Crippen molar-refractivity contribution in [1.29, 1.82) is 0 Å². The predicted molar refractivity (Wildman–Crippen MR) is 88.8 cm³/mol. The van der Waals surface area contributed by atoms with Crippen molar-refractivity contribution in [2.45, 2.75) is 12.4 Å². The molecule has 0 unspecified atom stereocenters. The van der Waals surface area contributed by atoms with Crippen molar-refractivity contribution in [3.05, 3.63) is 68.8 Å². The van der Waals surface area contributed by atoms with Gasteiger partial charge in [0.25, 0.3) is 11.6 Å². The Balaban J connectivity index is 2.46. The van der Waals surface area contributed by atoms with Crippen LogP contribution in [0.15, 0.2) is 36.4 Å². The number of halogens is 6. The highest BCUT2D eigenvalue weighted by molar-refractivity contribution is 6.06. The SMILES string of the molecule is COC(=O)c1cc(C(=O)Nc2ccc(C(F)(F)F)c(C(F)(F)F)c2)cc([N+](=O)[O-])c1. The number of nitrogens with zero attached hydrogens (tertiary/aromatic N) is 1. The number of hydrogen-bond donors (Lipinski definition) is 1. The lowest BCUT2D eigenvalue weighted by Crippen LogP contribution is -2.18. The average molecular weight is 436 g/mol. The molecule has 2 rings (SSSR count). The van der Waals surface area contributed by atoms with Gasteiger partial charge in [0, 0.05) is 23.4 Å². The Morgan fingerprint density at radius 3 is 2.00 bits per heavy atom. The number of amides is 1. The third-order valence-electron chi connectivity index (χ3n) is 3.70. The number of esters is 1. The Morgan fingerprint density at radius 1 is 0.933 bits per heavy atom. The van der Waals surface area contributed by atoms with Gasteiger partial charge in [0.1, 0.15) is 0 Å². The van der Waals surface area contributed by atoms with Crippen molar-refractivity contribution < 1.29 is 45.6 Å². The van der Waals surface area contributed by atoms with Crippen molar-refractivity contribution in [3.8, 4) is 0 Å². The fourth-order valence-corrected chi connectivity index (χ4v) is 2.39. The number of nitro groups is 1. The summed E-state index contributed by atoms with van der Waals surface area (Å²) in [5.74, 6) is -2.22. The van der Waals surface area contributed by atoms with Gasteiger partial charge in [0.15, 0.2) is 0 Å². The van der Waals surface area contributed by atoms with E-state index in [-0.39, 0.29) is 17.7 Å². The summed E-state index contributed by atoms with van der Waals surface area (Å²) in [6, 6.07) is 3.24. The number of ether oxygens (including phenoxy) is 1. The molecule has 0 atom stereocenters. The molecular formula is C17H10F6N2O5. The quantitative estimate of drug-likeness (QED) is 0.325. The third kappa shape index (κ3) is 5.04. The van der Waals surface area contributed by atoms with Crippen LogP contribution in [0.5, 0.6) is 0 Å². The second kappa shape index (κ2) is 8.00. The van der Waals surface area contributed by atoms with Crippen LogP contribution in [-0.4, -0.2) is 23.9 Å². The minimum Gasteiger partial charge on any atom is -0.465 e. The number of anilines is 1. The van der Waals surface area contributed by atoms with Crippen LogP contribution < -0.4 is 5.32 Å². The van der Waals surface area contributed by atoms with Gasteiger partial charge < -0.3 is 10.1 Å². The second-order valence-corrected chi connectivity index (χ2v) is 5.73. The molecule has 0 fully saturated rings. The number of rotatable bonds is 4. The zero-order chi connectivity index (χ0) is 22.9. The summed E-state index contributed by atoms with van der Waals surface area (Å²) in [6.45, 7) is 0. The molecule has 7 nitrogen and oxygen atoms in total. The number of carbonyl (C=O) groups is 2. The summed E-state index contributed by atoms with van der Waals surface area (Å²) in [6.07, 6.45) is -10.7. The summed E-state index contributed by atoms with van der Waals surface area (Å²) < 4.78 is 81.9. The van der Waals surface area contributed by atoms with Gasteiger partial charge in [-0.25, -0.2) is 4.79 Å². The lowest BCUT2D eigenvalue weighted by molar-refractivity contribution is -0.384. The molecule has 0 radical (unpaired) electrons. The topological polar surface area (TPSA) is 98.5 Å². The molecular weight excluding hydrogens is 426 g/mol. The van der Waals surface area contributed by atoms with Crippen LogP contribution in [-0.2, 0) is 17.1 Å². The van der Waals surface area contributed by atoms with Gasteiger partial charge in [0.05, 0.1) is 28.7 Å². The van der Waals surface area contributed by atoms with E-state index in [0.29, 0.717) is 6.07 Å². The van der Waals surface area contributed by atoms with Gasteiger partial charge in [-0.15, -0.1) is 0 Å². The summed E-state index contributed by atoms with van der Waals surface area (Å²) in [5, 5.41) is 12.9. The van der Waals surface area contributed by atoms with Crippen LogP contribution >= 0.6 is 0 Å². The number of nitro benzene ring substituents is 1. The smallest absolute Gasteiger partial charge is 0.417 e. The molecule has 0 aliphatic rings. The molecule has 0 heterocycles. The first-order chi connectivity index (χ1) is 13.7. The van der Waals surface area contributed by atoms with Gasteiger partial charge in [-0.1, -0.05) is 0 Å². The van der Waals surface area contributed by atoms with Crippen LogP contribution in [0.1, 0.15) is 31.8 Å². The van der Waals surface area contributed by atoms with E-state index in [1.807, 2.05) is 5.32 Å². The maximum atomic E-state index is 13.0. The lowest BCUT2D eigenvalue weighted by atomic mass is 10.0. The normalized spacial score (nSPS) is 11.7. The third-order valence-corrected chi connectivity index (χ3v) is 3.70. The first-order valence-corrected chi connectivity index (χ1v) is 7.71. The molecule has 30 heavy (non-hydrogen) atoms. The summed E-state index contributed by atoms with van der Waals surface area (Å²) in [4.78, 5) is 34.0. The molecule has 2 aromatic rings. The fraction of sp³-hybridized carbons (Fsp3) is 0.176. The van der Waals surface area contributed by atoms with Crippen molar-refractivity contribution in [2.24, 2.45) is 0 Å². The average Bonchev–Trinajstić information content (AvgIpc) is 2.65. The number of methoxy groups -OCH3 is 1. The number of hydrogen-bond acceptors (Lipinski definition) is 5. The van der Waals surface area contributed by atoms with Gasteiger partial charge in [0.2, 0.25) is 0 Å². The Kier molecular flexibility index (Phi) is 6.04.